The first-order valence-corrected chi connectivity index (χ1v) is 4.43. The molecule has 4 N–H and O–H groups in total. The molecule has 1 heterocycles. The number of nitrogens with one attached hydrogen (secondary N) is 1. The van der Waals surface area contributed by atoms with Gasteiger partial charge in [-0.25, -0.2) is 4.79 Å². The summed E-state index contributed by atoms with van der Waals surface area (Å²) >= 11 is 0. The fourth-order valence-electron chi connectivity index (χ4n) is 1.43. The SMILES string of the molecule is NCC(=O)NC1(C(=O)O)CCOCC1. The molecule has 80 valence electrons. The van der Waals surface area contributed by atoms with E-state index in [0.717, 1.165) is 0 Å². The van der Waals surface area contributed by atoms with Crippen LogP contribution in [-0.2, 0) is 14.3 Å². The zero-order valence-corrected chi connectivity index (χ0v) is 7.78. The maximum Gasteiger partial charge on any atom is 0.329 e. The Hall–Kier alpha value is -1.14. The van der Waals surface area contributed by atoms with Crippen LogP contribution in [0.4, 0.5) is 0 Å². The molecular formula is C8H14N2O4. The van der Waals surface area contributed by atoms with Gasteiger partial charge in [0.15, 0.2) is 0 Å². The number of hydrogen-bond acceptors (Lipinski definition) is 4. The minimum atomic E-state index is -1.19. The first-order chi connectivity index (χ1) is 6.60. The molecule has 0 atom stereocenters. The van der Waals surface area contributed by atoms with Crippen LogP contribution in [0.1, 0.15) is 12.8 Å². The van der Waals surface area contributed by atoms with Crippen LogP contribution in [-0.4, -0.2) is 42.3 Å². The van der Waals surface area contributed by atoms with Gasteiger partial charge < -0.3 is 20.9 Å². The number of rotatable bonds is 3. The van der Waals surface area contributed by atoms with Gasteiger partial charge in [0.1, 0.15) is 5.54 Å². The summed E-state index contributed by atoms with van der Waals surface area (Å²) in [6.45, 7) is 0.490. The molecule has 0 aliphatic carbocycles. The van der Waals surface area contributed by atoms with E-state index in [-0.39, 0.29) is 19.4 Å². The van der Waals surface area contributed by atoms with Crippen LogP contribution in [0.3, 0.4) is 0 Å². The van der Waals surface area contributed by atoms with E-state index < -0.39 is 17.4 Å². The third kappa shape index (κ3) is 2.21. The van der Waals surface area contributed by atoms with Gasteiger partial charge in [-0.3, -0.25) is 4.79 Å². The fraction of sp³-hybridized carbons (Fsp3) is 0.750. The molecule has 0 saturated carbocycles. The molecular weight excluding hydrogens is 188 g/mol. The largest absolute Gasteiger partial charge is 0.480 e. The number of carbonyl (C=O) groups excluding carboxylic acids is 1. The predicted octanol–water partition coefficient (Wildman–Crippen LogP) is -1.30. The molecule has 0 aromatic rings. The number of carboxylic acids is 1. The van der Waals surface area contributed by atoms with E-state index in [4.69, 9.17) is 15.6 Å². The number of ether oxygens (including phenoxy) is 1. The predicted molar refractivity (Wildman–Crippen MR) is 47.6 cm³/mol. The number of aliphatic carboxylic acids is 1. The Balaban J connectivity index is 2.70. The van der Waals surface area contributed by atoms with Gasteiger partial charge in [-0.2, -0.15) is 0 Å². The van der Waals surface area contributed by atoms with E-state index in [9.17, 15) is 9.59 Å². The van der Waals surface area contributed by atoms with Crippen LogP contribution in [0.2, 0.25) is 0 Å². The van der Waals surface area contributed by atoms with E-state index in [2.05, 4.69) is 5.32 Å². The molecule has 0 aromatic carbocycles. The van der Waals surface area contributed by atoms with Crippen molar-refractivity contribution in [1.29, 1.82) is 0 Å². The van der Waals surface area contributed by atoms with Crippen molar-refractivity contribution < 1.29 is 19.4 Å². The van der Waals surface area contributed by atoms with Crippen LogP contribution < -0.4 is 11.1 Å². The number of carbonyl (C=O) groups is 2. The van der Waals surface area contributed by atoms with Gasteiger partial charge >= 0.3 is 5.97 Å². The van der Waals surface area contributed by atoms with Crippen molar-refractivity contribution >= 4 is 11.9 Å². The lowest BCUT2D eigenvalue weighted by molar-refractivity contribution is -0.151. The van der Waals surface area contributed by atoms with Crippen molar-refractivity contribution in [3.63, 3.8) is 0 Å². The molecule has 1 fully saturated rings. The standard InChI is InChI=1S/C8H14N2O4/c9-5-6(11)10-8(7(12)13)1-3-14-4-2-8/h1-5,9H2,(H,10,11)(H,12,13). The highest BCUT2D eigenvalue weighted by Crippen LogP contribution is 2.20. The van der Waals surface area contributed by atoms with Crippen molar-refractivity contribution in [1.82, 2.24) is 5.32 Å². The van der Waals surface area contributed by atoms with Crippen LogP contribution in [0.15, 0.2) is 0 Å². The topological polar surface area (TPSA) is 102 Å². The van der Waals surface area contributed by atoms with Crippen LogP contribution in [0, 0.1) is 0 Å². The molecule has 1 amide bonds. The Morgan fingerprint density at radius 2 is 2.00 bits per heavy atom. The highest BCUT2D eigenvalue weighted by atomic mass is 16.5. The Kier molecular flexibility index (Phi) is 3.43. The van der Waals surface area contributed by atoms with Crippen LogP contribution in [0.5, 0.6) is 0 Å². The summed E-state index contributed by atoms with van der Waals surface area (Å²) in [5.74, 6) is -1.48. The summed E-state index contributed by atoms with van der Waals surface area (Å²) in [6.07, 6.45) is 0.572. The van der Waals surface area contributed by atoms with Gasteiger partial charge in [-0.05, 0) is 0 Å². The van der Waals surface area contributed by atoms with Crippen LogP contribution >= 0.6 is 0 Å². The third-order valence-electron chi connectivity index (χ3n) is 2.32. The molecule has 1 rings (SSSR count). The lowest BCUT2D eigenvalue weighted by Crippen LogP contribution is -2.58. The molecule has 6 nitrogen and oxygen atoms in total. The Morgan fingerprint density at radius 3 is 2.43 bits per heavy atom. The Labute approximate surface area is 81.4 Å². The fourth-order valence-corrected chi connectivity index (χ4v) is 1.43. The summed E-state index contributed by atoms with van der Waals surface area (Å²) in [4.78, 5) is 22.1. The molecule has 1 aliphatic rings. The maximum atomic E-state index is 11.0. The molecule has 0 bridgehead atoms. The summed E-state index contributed by atoms with van der Waals surface area (Å²) < 4.78 is 5.04. The number of amides is 1. The molecule has 1 aliphatic heterocycles. The molecule has 0 aromatic heterocycles. The summed E-state index contributed by atoms with van der Waals surface area (Å²) in [5, 5.41) is 11.5. The first kappa shape index (κ1) is 10.9. The second-order valence-electron chi connectivity index (χ2n) is 3.25. The summed E-state index contributed by atoms with van der Waals surface area (Å²) in [7, 11) is 0. The smallest absolute Gasteiger partial charge is 0.329 e. The van der Waals surface area contributed by atoms with Gasteiger partial charge in [0.2, 0.25) is 5.91 Å². The monoisotopic (exact) mass is 202 g/mol. The van der Waals surface area contributed by atoms with Gasteiger partial charge in [-0.1, -0.05) is 0 Å². The average Bonchev–Trinajstić information content (AvgIpc) is 2.19. The van der Waals surface area contributed by atoms with Crippen molar-refractivity contribution in [2.45, 2.75) is 18.4 Å². The third-order valence-corrected chi connectivity index (χ3v) is 2.32. The average molecular weight is 202 g/mol. The molecule has 1 saturated heterocycles. The maximum absolute atomic E-state index is 11.0. The van der Waals surface area contributed by atoms with Gasteiger partial charge in [-0.15, -0.1) is 0 Å². The van der Waals surface area contributed by atoms with Gasteiger partial charge in [0.05, 0.1) is 6.54 Å². The van der Waals surface area contributed by atoms with E-state index in [1.807, 2.05) is 0 Å². The van der Waals surface area contributed by atoms with E-state index in [1.54, 1.807) is 0 Å². The van der Waals surface area contributed by atoms with E-state index in [0.29, 0.717) is 13.2 Å². The van der Waals surface area contributed by atoms with Gasteiger partial charge in [0.25, 0.3) is 0 Å². The van der Waals surface area contributed by atoms with E-state index in [1.165, 1.54) is 0 Å². The molecule has 0 spiro atoms. The number of nitrogens with two attached hydrogens (primary N) is 1. The number of hydrogen-bond donors (Lipinski definition) is 3. The van der Waals surface area contributed by atoms with E-state index >= 15 is 0 Å². The Bertz CT molecular complexity index is 235. The van der Waals surface area contributed by atoms with Crippen molar-refractivity contribution in [2.24, 2.45) is 5.73 Å². The minimum Gasteiger partial charge on any atom is -0.480 e. The summed E-state index contributed by atoms with van der Waals surface area (Å²) in [6, 6.07) is 0. The van der Waals surface area contributed by atoms with Gasteiger partial charge in [0, 0.05) is 26.1 Å². The Morgan fingerprint density at radius 1 is 1.43 bits per heavy atom. The lowest BCUT2D eigenvalue weighted by atomic mass is 9.90. The molecule has 0 radical (unpaired) electrons. The minimum absolute atomic E-state index is 0.199. The molecule has 14 heavy (non-hydrogen) atoms. The van der Waals surface area contributed by atoms with Crippen LogP contribution in [0.25, 0.3) is 0 Å². The normalized spacial score (nSPS) is 20.1. The lowest BCUT2D eigenvalue weighted by Gasteiger charge is -2.33. The first-order valence-electron chi connectivity index (χ1n) is 4.43. The highest BCUT2D eigenvalue weighted by Gasteiger charge is 2.41. The second-order valence-corrected chi connectivity index (χ2v) is 3.25. The van der Waals surface area contributed by atoms with Crippen molar-refractivity contribution in [3.8, 4) is 0 Å². The molecule has 0 unspecified atom stereocenters. The molecule has 6 heteroatoms. The number of carboxylic acid groups (broad SMARTS) is 1. The zero-order valence-electron chi connectivity index (χ0n) is 7.78. The zero-order chi connectivity index (χ0) is 10.6. The summed E-state index contributed by atoms with van der Waals surface area (Å²) in [5.41, 5.74) is 3.93. The highest BCUT2D eigenvalue weighted by molar-refractivity contribution is 5.87. The van der Waals surface area contributed by atoms with Crippen molar-refractivity contribution in [2.75, 3.05) is 19.8 Å². The second kappa shape index (κ2) is 4.39. The van der Waals surface area contributed by atoms with Crippen molar-refractivity contribution in [3.05, 3.63) is 0 Å². The quantitative estimate of drug-likeness (QED) is 0.527.